The van der Waals surface area contributed by atoms with Crippen LogP contribution in [-0.2, 0) is 9.53 Å². The van der Waals surface area contributed by atoms with E-state index in [1.54, 1.807) is 6.92 Å². The van der Waals surface area contributed by atoms with E-state index in [1.807, 2.05) is 0 Å². The minimum Gasteiger partial charge on any atom is -0.480 e. The molecule has 0 spiro atoms. The van der Waals surface area contributed by atoms with Gasteiger partial charge in [-0.3, -0.25) is 9.69 Å². The van der Waals surface area contributed by atoms with Crippen molar-refractivity contribution in [3.63, 3.8) is 0 Å². The number of likely N-dealkylation sites (N-methyl/N-ethyl adjacent to an activating group) is 1. The minimum atomic E-state index is -1.06. The van der Waals surface area contributed by atoms with Crippen LogP contribution in [0.15, 0.2) is 12.7 Å². The Morgan fingerprint density at radius 2 is 2.23 bits per heavy atom. The van der Waals surface area contributed by atoms with Crippen LogP contribution in [0.3, 0.4) is 0 Å². The fraction of sp³-hybridized carbons (Fsp3) is 0.500. The molecular formula is C8H13NO4. The van der Waals surface area contributed by atoms with E-state index in [2.05, 4.69) is 11.3 Å². The highest BCUT2D eigenvalue weighted by Crippen LogP contribution is 1.93. The SMILES string of the molecule is C=CCOC(=O)N(CC)CC(=O)O. The average Bonchev–Trinajstić information content (AvgIpc) is 2.09. The predicted octanol–water partition coefficient (Wildman–Crippen LogP) is 0.716. The summed E-state index contributed by atoms with van der Waals surface area (Å²) in [5.74, 6) is -1.06. The zero-order valence-corrected chi connectivity index (χ0v) is 7.52. The highest BCUT2D eigenvalue weighted by molar-refractivity contribution is 5.76. The van der Waals surface area contributed by atoms with Gasteiger partial charge in [0.2, 0.25) is 0 Å². The molecule has 0 aliphatic carbocycles. The molecule has 0 heterocycles. The number of nitrogens with zero attached hydrogens (tertiary/aromatic N) is 1. The van der Waals surface area contributed by atoms with Crippen molar-refractivity contribution < 1.29 is 19.4 Å². The van der Waals surface area contributed by atoms with E-state index in [4.69, 9.17) is 5.11 Å². The van der Waals surface area contributed by atoms with E-state index in [0.29, 0.717) is 6.54 Å². The Balaban J connectivity index is 3.98. The molecule has 0 aromatic rings. The molecule has 0 aliphatic rings. The lowest BCUT2D eigenvalue weighted by atomic mass is 10.5. The average molecular weight is 187 g/mol. The molecule has 5 nitrogen and oxygen atoms in total. The van der Waals surface area contributed by atoms with Crippen LogP contribution in [0.5, 0.6) is 0 Å². The number of carboxylic acid groups (broad SMARTS) is 1. The van der Waals surface area contributed by atoms with E-state index >= 15 is 0 Å². The maximum atomic E-state index is 11.1. The molecule has 0 aromatic carbocycles. The predicted molar refractivity (Wildman–Crippen MR) is 46.4 cm³/mol. The van der Waals surface area contributed by atoms with Gasteiger partial charge >= 0.3 is 12.1 Å². The lowest BCUT2D eigenvalue weighted by Crippen LogP contribution is -2.35. The normalized spacial score (nSPS) is 9.00. The number of carboxylic acids is 1. The monoisotopic (exact) mass is 187 g/mol. The number of ether oxygens (including phenoxy) is 1. The molecule has 13 heavy (non-hydrogen) atoms. The van der Waals surface area contributed by atoms with Gasteiger partial charge in [-0.15, -0.1) is 0 Å². The minimum absolute atomic E-state index is 0.0922. The second kappa shape index (κ2) is 6.05. The van der Waals surface area contributed by atoms with Gasteiger partial charge in [-0.1, -0.05) is 12.7 Å². The van der Waals surface area contributed by atoms with Gasteiger partial charge in [-0.25, -0.2) is 4.79 Å². The summed E-state index contributed by atoms with van der Waals surface area (Å²) in [5, 5.41) is 8.42. The van der Waals surface area contributed by atoms with E-state index in [9.17, 15) is 9.59 Å². The van der Waals surface area contributed by atoms with Crippen molar-refractivity contribution in [3.05, 3.63) is 12.7 Å². The molecule has 0 unspecified atom stereocenters. The Labute approximate surface area is 76.6 Å². The van der Waals surface area contributed by atoms with Crippen molar-refractivity contribution in [2.75, 3.05) is 19.7 Å². The number of hydrogen-bond acceptors (Lipinski definition) is 3. The molecular weight excluding hydrogens is 174 g/mol. The molecule has 0 saturated heterocycles. The Bertz CT molecular complexity index is 202. The smallest absolute Gasteiger partial charge is 0.410 e. The lowest BCUT2D eigenvalue weighted by Gasteiger charge is -2.17. The molecule has 0 atom stereocenters. The molecule has 0 aromatic heterocycles. The summed E-state index contributed by atoms with van der Waals surface area (Å²) in [6.07, 6.45) is 0.789. The fourth-order valence-electron chi connectivity index (χ4n) is 0.690. The van der Waals surface area contributed by atoms with Gasteiger partial charge in [-0.05, 0) is 6.92 Å². The summed E-state index contributed by atoms with van der Waals surface area (Å²) in [4.78, 5) is 22.4. The van der Waals surface area contributed by atoms with Crippen LogP contribution in [0.25, 0.3) is 0 Å². The van der Waals surface area contributed by atoms with E-state index in [1.165, 1.54) is 6.08 Å². The first-order valence-electron chi connectivity index (χ1n) is 3.86. The van der Waals surface area contributed by atoms with Crippen molar-refractivity contribution in [1.82, 2.24) is 4.90 Å². The van der Waals surface area contributed by atoms with Crippen molar-refractivity contribution in [1.29, 1.82) is 0 Å². The standard InChI is InChI=1S/C8H13NO4/c1-3-5-13-8(12)9(4-2)6-7(10)11/h3H,1,4-6H2,2H3,(H,10,11). The quantitative estimate of drug-likeness (QED) is 0.644. The molecule has 0 radical (unpaired) electrons. The number of amides is 1. The first kappa shape index (κ1) is 11.5. The van der Waals surface area contributed by atoms with E-state index in [-0.39, 0.29) is 13.2 Å². The van der Waals surface area contributed by atoms with E-state index in [0.717, 1.165) is 4.90 Å². The third kappa shape index (κ3) is 4.84. The van der Waals surface area contributed by atoms with Crippen molar-refractivity contribution in [2.45, 2.75) is 6.92 Å². The van der Waals surface area contributed by atoms with Gasteiger partial charge in [0, 0.05) is 6.54 Å². The van der Waals surface area contributed by atoms with Gasteiger partial charge in [0.05, 0.1) is 0 Å². The zero-order valence-electron chi connectivity index (χ0n) is 7.52. The first-order valence-corrected chi connectivity index (χ1v) is 3.86. The van der Waals surface area contributed by atoms with Gasteiger partial charge in [-0.2, -0.15) is 0 Å². The Morgan fingerprint density at radius 3 is 2.62 bits per heavy atom. The second-order valence-corrected chi connectivity index (χ2v) is 2.27. The molecule has 0 aliphatic heterocycles. The maximum Gasteiger partial charge on any atom is 0.410 e. The van der Waals surface area contributed by atoms with Crippen LogP contribution in [0.2, 0.25) is 0 Å². The van der Waals surface area contributed by atoms with Gasteiger partial charge < -0.3 is 9.84 Å². The molecule has 1 N–H and O–H groups in total. The van der Waals surface area contributed by atoms with Gasteiger partial charge in [0.1, 0.15) is 13.2 Å². The summed E-state index contributed by atoms with van der Waals surface area (Å²) in [6.45, 7) is 5.10. The third-order valence-corrected chi connectivity index (χ3v) is 1.29. The van der Waals surface area contributed by atoms with Crippen LogP contribution < -0.4 is 0 Å². The molecule has 0 saturated carbocycles. The van der Waals surface area contributed by atoms with E-state index < -0.39 is 12.1 Å². The lowest BCUT2D eigenvalue weighted by molar-refractivity contribution is -0.137. The summed E-state index contributed by atoms with van der Waals surface area (Å²) in [7, 11) is 0. The molecule has 0 fully saturated rings. The first-order chi connectivity index (χ1) is 6.11. The number of aliphatic carboxylic acids is 1. The summed E-state index contributed by atoms with van der Waals surface area (Å²) >= 11 is 0. The molecule has 0 rings (SSSR count). The molecule has 74 valence electrons. The second-order valence-electron chi connectivity index (χ2n) is 2.27. The van der Waals surface area contributed by atoms with Gasteiger partial charge in [0.25, 0.3) is 0 Å². The van der Waals surface area contributed by atoms with Crippen LogP contribution in [0, 0.1) is 0 Å². The summed E-state index contributed by atoms with van der Waals surface area (Å²) in [5.41, 5.74) is 0. The fourth-order valence-corrected chi connectivity index (χ4v) is 0.690. The molecule has 5 heteroatoms. The van der Waals surface area contributed by atoms with Crippen molar-refractivity contribution >= 4 is 12.1 Å². The van der Waals surface area contributed by atoms with Crippen molar-refractivity contribution in [2.24, 2.45) is 0 Å². The molecule has 0 bridgehead atoms. The van der Waals surface area contributed by atoms with Crippen LogP contribution in [0.4, 0.5) is 4.79 Å². The van der Waals surface area contributed by atoms with Crippen LogP contribution >= 0.6 is 0 Å². The topological polar surface area (TPSA) is 66.8 Å². The number of carbonyl (C=O) groups excluding carboxylic acids is 1. The van der Waals surface area contributed by atoms with Crippen molar-refractivity contribution in [3.8, 4) is 0 Å². The summed E-state index contributed by atoms with van der Waals surface area (Å²) < 4.78 is 4.65. The largest absolute Gasteiger partial charge is 0.480 e. The zero-order chi connectivity index (χ0) is 10.3. The Morgan fingerprint density at radius 1 is 1.62 bits per heavy atom. The number of rotatable bonds is 5. The number of hydrogen-bond donors (Lipinski definition) is 1. The Kier molecular flexibility index (Phi) is 5.34. The number of carbonyl (C=O) groups is 2. The molecule has 1 amide bonds. The highest BCUT2D eigenvalue weighted by atomic mass is 16.6. The van der Waals surface area contributed by atoms with Crippen LogP contribution in [-0.4, -0.2) is 41.8 Å². The Hall–Kier alpha value is -1.52. The highest BCUT2D eigenvalue weighted by Gasteiger charge is 2.15. The summed E-state index contributed by atoms with van der Waals surface area (Å²) in [6, 6.07) is 0. The third-order valence-electron chi connectivity index (χ3n) is 1.29. The maximum absolute atomic E-state index is 11.1. The van der Waals surface area contributed by atoms with Crippen LogP contribution in [0.1, 0.15) is 6.92 Å². The van der Waals surface area contributed by atoms with Gasteiger partial charge in [0.15, 0.2) is 0 Å².